The molecule has 0 amide bonds. The Morgan fingerprint density at radius 2 is 2.20 bits per heavy atom. The predicted octanol–water partition coefficient (Wildman–Crippen LogP) is 5.10. The first-order valence-electron chi connectivity index (χ1n) is 8.48. The number of aryl methyl sites for hydroxylation is 1. The number of H-pyrrole nitrogens is 1. The second kappa shape index (κ2) is 6.57. The minimum atomic E-state index is -0.247. The third-order valence-electron chi connectivity index (χ3n) is 4.71. The molecule has 1 aromatic carbocycles. The average Bonchev–Trinajstić information content (AvgIpc) is 2.94. The second-order valence-corrected chi connectivity index (χ2v) is 9.14. The molecule has 2 unspecified atom stereocenters. The van der Waals surface area contributed by atoms with Gasteiger partial charge in [0, 0.05) is 9.77 Å². The van der Waals surface area contributed by atoms with E-state index in [9.17, 15) is 9.18 Å². The van der Waals surface area contributed by atoms with E-state index >= 15 is 0 Å². The van der Waals surface area contributed by atoms with E-state index in [-0.39, 0.29) is 16.6 Å². The third kappa shape index (κ3) is 3.13. The fourth-order valence-electron chi connectivity index (χ4n) is 3.34. The molecule has 0 spiro atoms. The molecule has 2 atom stereocenters. The maximum Gasteiger partial charge on any atom is 0.259 e. The summed E-state index contributed by atoms with van der Waals surface area (Å²) < 4.78 is 13.9. The largest absolute Gasteiger partial charge is 0.309 e. The summed E-state index contributed by atoms with van der Waals surface area (Å²) in [5.74, 6) is 1.02. The van der Waals surface area contributed by atoms with Crippen molar-refractivity contribution in [2.45, 2.75) is 43.3 Å². The molecule has 1 N–H and O–H groups in total. The summed E-state index contributed by atoms with van der Waals surface area (Å²) in [6.07, 6.45) is 3.12. The first-order valence-corrected chi connectivity index (χ1v) is 10.2. The lowest BCUT2D eigenvalue weighted by Gasteiger charge is -2.17. The molecule has 130 valence electrons. The number of halogens is 1. The number of rotatable bonds is 3. The molecule has 4 rings (SSSR count). The summed E-state index contributed by atoms with van der Waals surface area (Å²) in [6.45, 7) is 4.19. The first kappa shape index (κ1) is 16.8. The zero-order valence-corrected chi connectivity index (χ0v) is 15.8. The van der Waals surface area contributed by atoms with Gasteiger partial charge in [-0.1, -0.05) is 19.1 Å². The molecule has 2 aromatic heterocycles. The van der Waals surface area contributed by atoms with Gasteiger partial charge >= 0.3 is 0 Å². The molecule has 6 heteroatoms. The zero-order chi connectivity index (χ0) is 17.6. The Labute approximate surface area is 153 Å². The van der Waals surface area contributed by atoms with Crippen molar-refractivity contribution in [1.29, 1.82) is 0 Å². The van der Waals surface area contributed by atoms with Gasteiger partial charge in [-0.2, -0.15) is 0 Å². The van der Waals surface area contributed by atoms with Crippen LogP contribution in [0.5, 0.6) is 0 Å². The van der Waals surface area contributed by atoms with Crippen molar-refractivity contribution in [3.05, 3.63) is 56.7 Å². The maximum atomic E-state index is 13.9. The molecule has 1 aliphatic rings. The first-order chi connectivity index (χ1) is 12.0. The molecule has 0 saturated heterocycles. The van der Waals surface area contributed by atoms with Crippen LogP contribution in [0.25, 0.3) is 10.2 Å². The van der Waals surface area contributed by atoms with Gasteiger partial charge in [-0.3, -0.25) is 4.79 Å². The molecule has 0 saturated carbocycles. The lowest BCUT2D eigenvalue weighted by atomic mass is 9.89. The minimum Gasteiger partial charge on any atom is -0.309 e. The SMILES string of the molecule is CC1CCc2c(sc3nc(C(C)Sc4ccccc4F)[nH]c(=O)c23)C1. The number of nitrogens with zero attached hydrogens (tertiary/aromatic N) is 1. The number of hydrogen-bond acceptors (Lipinski definition) is 4. The fraction of sp³-hybridized carbons (Fsp3) is 0.368. The summed E-state index contributed by atoms with van der Waals surface area (Å²) >= 11 is 3.02. The number of aromatic amines is 1. The summed E-state index contributed by atoms with van der Waals surface area (Å²) in [6, 6.07) is 6.68. The highest BCUT2D eigenvalue weighted by Gasteiger charge is 2.24. The van der Waals surface area contributed by atoms with Crippen LogP contribution in [-0.4, -0.2) is 9.97 Å². The summed E-state index contributed by atoms with van der Waals surface area (Å²) in [4.78, 5) is 23.0. The van der Waals surface area contributed by atoms with Crippen LogP contribution in [0.4, 0.5) is 4.39 Å². The summed E-state index contributed by atoms with van der Waals surface area (Å²) in [7, 11) is 0. The lowest BCUT2D eigenvalue weighted by molar-refractivity contribution is 0.509. The Balaban J connectivity index is 1.71. The van der Waals surface area contributed by atoms with Crippen molar-refractivity contribution in [2.75, 3.05) is 0 Å². The Bertz CT molecular complexity index is 995. The van der Waals surface area contributed by atoms with E-state index in [1.807, 2.05) is 13.0 Å². The average molecular weight is 375 g/mol. The topological polar surface area (TPSA) is 45.8 Å². The Hall–Kier alpha value is -1.66. The van der Waals surface area contributed by atoms with Crippen molar-refractivity contribution in [1.82, 2.24) is 9.97 Å². The van der Waals surface area contributed by atoms with Gasteiger partial charge in [-0.05, 0) is 49.8 Å². The molecule has 25 heavy (non-hydrogen) atoms. The van der Waals surface area contributed by atoms with E-state index in [0.717, 1.165) is 29.5 Å². The predicted molar refractivity (Wildman–Crippen MR) is 102 cm³/mol. The quantitative estimate of drug-likeness (QED) is 0.649. The van der Waals surface area contributed by atoms with Crippen molar-refractivity contribution in [2.24, 2.45) is 5.92 Å². The zero-order valence-electron chi connectivity index (χ0n) is 14.1. The van der Waals surface area contributed by atoms with Crippen LogP contribution in [-0.2, 0) is 12.8 Å². The van der Waals surface area contributed by atoms with Gasteiger partial charge < -0.3 is 4.98 Å². The monoisotopic (exact) mass is 374 g/mol. The number of hydrogen-bond donors (Lipinski definition) is 1. The van der Waals surface area contributed by atoms with Crippen LogP contribution >= 0.6 is 23.1 Å². The van der Waals surface area contributed by atoms with Crippen LogP contribution in [0, 0.1) is 11.7 Å². The maximum absolute atomic E-state index is 13.9. The Morgan fingerprint density at radius 1 is 1.40 bits per heavy atom. The van der Waals surface area contributed by atoms with Crippen LogP contribution in [0.2, 0.25) is 0 Å². The van der Waals surface area contributed by atoms with E-state index in [1.165, 1.54) is 28.3 Å². The number of thioether (sulfide) groups is 1. The Kier molecular flexibility index (Phi) is 4.41. The van der Waals surface area contributed by atoms with Gasteiger partial charge in [-0.15, -0.1) is 23.1 Å². The molecular formula is C19H19FN2OS2. The van der Waals surface area contributed by atoms with E-state index in [2.05, 4.69) is 11.9 Å². The molecule has 0 bridgehead atoms. The van der Waals surface area contributed by atoms with Crippen LogP contribution in [0.15, 0.2) is 34.0 Å². The number of thiophene rings is 1. The van der Waals surface area contributed by atoms with Gasteiger partial charge in [0.25, 0.3) is 5.56 Å². The molecule has 3 aromatic rings. The lowest BCUT2D eigenvalue weighted by Crippen LogP contribution is -2.15. The van der Waals surface area contributed by atoms with Crippen molar-refractivity contribution >= 4 is 33.3 Å². The standard InChI is InChI=1S/C19H19FN2OS2/c1-10-7-8-12-15(9-10)25-19-16(12)18(23)21-17(22-19)11(2)24-14-6-4-3-5-13(14)20/h3-6,10-11H,7-9H2,1-2H3,(H,21,22,23). The van der Waals surface area contributed by atoms with Gasteiger partial charge in [0.2, 0.25) is 0 Å². The molecule has 0 aliphatic heterocycles. The highest BCUT2D eigenvalue weighted by molar-refractivity contribution is 7.99. The normalized spacial score (nSPS) is 18.3. The van der Waals surface area contributed by atoms with Crippen LogP contribution in [0.3, 0.4) is 0 Å². The Morgan fingerprint density at radius 3 is 3.00 bits per heavy atom. The number of benzene rings is 1. The summed E-state index contributed by atoms with van der Waals surface area (Å²) in [5.41, 5.74) is 1.13. The van der Waals surface area contributed by atoms with E-state index in [1.54, 1.807) is 23.5 Å². The minimum absolute atomic E-state index is 0.0620. The van der Waals surface area contributed by atoms with Gasteiger partial charge in [0.1, 0.15) is 16.5 Å². The van der Waals surface area contributed by atoms with Crippen LogP contribution < -0.4 is 5.56 Å². The third-order valence-corrected chi connectivity index (χ3v) is 7.02. The van der Waals surface area contributed by atoms with Gasteiger partial charge in [0.05, 0.1) is 10.6 Å². The molecule has 0 radical (unpaired) electrons. The highest BCUT2D eigenvalue weighted by atomic mass is 32.2. The molecule has 2 heterocycles. The van der Waals surface area contributed by atoms with Crippen molar-refractivity contribution < 1.29 is 4.39 Å². The smallest absolute Gasteiger partial charge is 0.259 e. The van der Waals surface area contributed by atoms with Crippen molar-refractivity contribution in [3.8, 4) is 0 Å². The molecule has 1 aliphatic carbocycles. The van der Waals surface area contributed by atoms with Gasteiger partial charge in [-0.25, -0.2) is 9.37 Å². The van der Waals surface area contributed by atoms with E-state index in [0.29, 0.717) is 16.6 Å². The van der Waals surface area contributed by atoms with E-state index < -0.39 is 0 Å². The summed E-state index contributed by atoms with van der Waals surface area (Å²) in [5, 5.41) is 0.630. The number of nitrogens with one attached hydrogen (secondary N) is 1. The number of aromatic nitrogens is 2. The second-order valence-electron chi connectivity index (χ2n) is 6.67. The molecule has 0 fully saturated rings. The van der Waals surface area contributed by atoms with Crippen LogP contribution in [0.1, 0.15) is 41.8 Å². The van der Waals surface area contributed by atoms with Gasteiger partial charge in [0.15, 0.2) is 0 Å². The highest BCUT2D eigenvalue weighted by Crippen LogP contribution is 2.38. The molecule has 3 nitrogen and oxygen atoms in total. The number of fused-ring (bicyclic) bond motifs is 3. The molecular weight excluding hydrogens is 355 g/mol. The van der Waals surface area contributed by atoms with E-state index in [4.69, 9.17) is 4.98 Å². The van der Waals surface area contributed by atoms with Crippen molar-refractivity contribution in [3.63, 3.8) is 0 Å². The fourth-order valence-corrected chi connectivity index (χ4v) is 5.68.